The molecule has 1 aliphatic heterocycles. The van der Waals surface area contributed by atoms with Crippen LogP contribution in [0.1, 0.15) is 75.7 Å². The molecule has 2 aromatic rings. The van der Waals surface area contributed by atoms with Gasteiger partial charge in [0, 0.05) is 30.9 Å². The highest BCUT2D eigenvalue weighted by atomic mass is 16.6. The van der Waals surface area contributed by atoms with Gasteiger partial charge in [-0.05, 0) is 58.1 Å². The molecule has 1 saturated carbocycles. The van der Waals surface area contributed by atoms with Gasteiger partial charge in [0.2, 0.25) is 0 Å². The summed E-state index contributed by atoms with van der Waals surface area (Å²) in [4.78, 5) is 29.8. The van der Waals surface area contributed by atoms with Crippen LogP contribution in [0, 0.1) is 5.92 Å². The van der Waals surface area contributed by atoms with Crippen LogP contribution >= 0.6 is 0 Å². The molecule has 2 N–H and O–H groups in total. The van der Waals surface area contributed by atoms with Crippen molar-refractivity contribution in [3.05, 3.63) is 29.6 Å². The van der Waals surface area contributed by atoms with Gasteiger partial charge >= 0.3 is 5.97 Å². The number of rotatable bonds is 6. The van der Waals surface area contributed by atoms with E-state index in [-0.39, 0.29) is 23.8 Å². The van der Waals surface area contributed by atoms with Gasteiger partial charge in [-0.3, -0.25) is 14.3 Å². The van der Waals surface area contributed by atoms with Crippen LogP contribution in [0.15, 0.2) is 18.5 Å². The molecule has 1 fully saturated rings. The van der Waals surface area contributed by atoms with Gasteiger partial charge in [-0.2, -0.15) is 5.10 Å². The number of hydrogen-bond donors (Lipinski definition) is 2. The smallest absolute Gasteiger partial charge is 0.306 e. The number of aryl methyl sites for hydroxylation is 1. The third-order valence-electron chi connectivity index (χ3n) is 6.09. The summed E-state index contributed by atoms with van der Waals surface area (Å²) in [6, 6.07) is 2.10. The number of hydrogen-bond acceptors (Lipinski definition) is 6. The first kappa shape index (κ1) is 22.3. The monoisotopic (exact) mass is 439 g/mol. The zero-order valence-electron chi connectivity index (χ0n) is 19.4. The molecule has 0 spiro atoms. The lowest BCUT2D eigenvalue weighted by Gasteiger charge is -2.33. The Morgan fingerprint density at radius 1 is 1.31 bits per heavy atom. The molecule has 172 valence electrons. The zero-order valence-corrected chi connectivity index (χ0v) is 19.4. The van der Waals surface area contributed by atoms with Crippen LogP contribution in [0.4, 0.5) is 5.82 Å². The number of esters is 1. The second-order valence-electron chi connectivity index (χ2n) is 9.74. The van der Waals surface area contributed by atoms with Crippen LogP contribution < -0.4 is 10.6 Å². The molecule has 2 atom stereocenters. The Labute approximate surface area is 189 Å². The van der Waals surface area contributed by atoms with Crippen LogP contribution in [0.2, 0.25) is 0 Å². The summed E-state index contributed by atoms with van der Waals surface area (Å²) >= 11 is 0. The van der Waals surface area contributed by atoms with Gasteiger partial charge in [-0.15, -0.1) is 0 Å². The van der Waals surface area contributed by atoms with Crippen molar-refractivity contribution < 1.29 is 14.3 Å². The van der Waals surface area contributed by atoms with Crippen molar-refractivity contribution in [2.24, 2.45) is 5.92 Å². The van der Waals surface area contributed by atoms with Crippen molar-refractivity contribution in [1.29, 1.82) is 0 Å². The lowest BCUT2D eigenvalue weighted by molar-refractivity contribution is -0.156. The van der Waals surface area contributed by atoms with Crippen LogP contribution in [0.3, 0.4) is 0 Å². The molecule has 0 bridgehead atoms. The topological polar surface area (TPSA) is 98.1 Å². The van der Waals surface area contributed by atoms with Gasteiger partial charge in [-0.25, -0.2) is 4.98 Å². The van der Waals surface area contributed by atoms with Crippen molar-refractivity contribution in [3.8, 4) is 11.3 Å². The van der Waals surface area contributed by atoms with Crippen molar-refractivity contribution in [2.75, 3.05) is 5.32 Å². The zero-order chi connectivity index (χ0) is 22.9. The number of carbonyl (C=O) groups is 2. The molecule has 1 aliphatic carbocycles. The van der Waals surface area contributed by atoms with E-state index < -0.39 is 5.60 Å². The van der Waals surface area contributed by atoms with Gasteiger partial charge in [0.05, 0.1) is 23.9 Å². The number of aromatic nitrogens is 3. The Morgan fingerprint density at radius 2 is 2.09 bits per heavy atom. The molecule has 0 unspecified atom stereocenters. The standard InChI is InChI=1S/C24H33N5O3/c1-5-29-14-17(13-26-29)22-21-16(12-25-23(21)31)10-19(28-22)27-18-9-7-6-8-15(18)11-20(30)32-24(2,3)4/h10,13-15,18H,5-9,11-12H2,1-4H3,(H,25,31)(H,27,28)/t15-,18-/m1/s1. The van der Waals surface area contributed by atoms with Gasteiger partial charge in [-0.1, -0.05) is 12.8 Å². The van der Waals surface area contributed by atoms with Crippen LogP contribution in [-0.4, -0.2) is 38.3 Å². The molecular formula is C24H33N5O3. The summed E-state index contributed by atoms with van der Waals surface area (Å²) in [7, 11) is 0. The van der Waals surface area contributed by atoms with Crippen LogP contribution in [-0.2, 0) is 22.6 Å². The van der Waals surface area contributed by atoms with Gasteiger partial charge < -0.3 is 15.4 Å². The van der Waals surface area contributed by atoms with Crippen molar-refractivity contribution in [2.45, 2.75) is 84.5 Å². The fraction of sp³-hybridized carbons (Fsp3) is 0.583. The first-order chi connectivity index (χ1) is 15.2. The number of pyridine rings is 1. The first-order valence-corrected chi connectivity index (χ1v) is 11.6. The highest BCUT2D eigenvalue weighted by Gasteiger charge is 2.31. The lowest BCUT2D eigenvalue weighted by atomic mass is 9.82. The number of fused-ring (bicyclic) bond motifs is 1. The summed E-state index contributed by atoms with van der Waals surface area (Å²) in [5.41, 5.74) is 2.57. The Kier molecular flexibility index (Phi) is 6.22. The van der Waals surface area contributed by atoms with Gasteiger partial charge in [0.15, 0.2) is 0 Å². The summed E-state index contributed by atoms with van der Waals surface area (Å²) in [5.74, 6) is 0.680. The highest BCUT2D eigenvalue weighted by Crippen LogP contribution is 2.33. The number of anilines is 1. The summed E-state index contributed by atoms with van der Waals surface area (Å²) in [6.07, 6.45) is 8.27. The van der Waals surface area contributed by atoms with E-state index in [1.165, 1.54) is 0 Å². The number of amides is 1. The maximum Gasteiger partial charge on any atom is 0.306 e. The largest absolute Gasteiger partial charge is 0.460 e. The molecule has 4 rings (SSSR count). The molecule has 0 radical (unpaired) electrons. The molecule has 0 aromatic carbocycles. The minimum absolute atomic E-state index is 0.0984. The number of ether oxygens (including phenoxy) is 1. The predicted molar refractivity (Wildman–Crippen MR) is 122 cm³/mol. The van der Waals surface area contributed by atoms with Crippen molar-refractivity contribution in [1.82, 2.24) is 20.1 Å². The van der Waals surface area contributed by atoms with Crippen molar-refractivity contribution in [3.63, 3.8) is 0 Å². The summed E-state index contributed by atoms with van der Waals surface area (Å²) in [6.45, 7) is 8.95. The molecule has 8 heteroatoms. The Balaban J connectivity index is 1.58. The molecule has 32 heavy (non-hydrogen) atoms. The summed E-state index contributed by atoms with van der Waals surface area (Å²) < 4.78 is 7.39. The second kappa shape index (κ2) is 8.92. The van der Waals surface area contributed by atoms with Crippen LogP contribution in [0.5, 0.6) is 0 Å². The van der Waals surface area contributed by atoms with E-state index in [0.29, 0.717) is 24.2 Å². The fourth-order valence-electron chi connectivity index (χ4n) is 4.63. The third kappa shape index (κ3) is 4.95. The predicted octanol–water partition coefficient (Wildman–Crippen LogP) is 3.91. The SMILES string of the molecule is CCn1cc(-c2nc(N[C@@H]3CCCC[C@@H]3CC(=O)OC(C)(C)C)cc3c2C(=O)NC3)cn1. The summed E-state index contributed by atoms with van der Waals surface area (Å²) in [5, 5.41) is 10.9. The first-order valence-electron chi connectivity index (χ1n) is 11.6. The maximum atomic E-state index is 12.5. The number of nitrogens with one attached hydrogen (secondary N) is 2. The van der Waals surface area contributed by atoms with E-state index in [9.17, 15) is 9.59 Å². The van der Waals surface area contributed by atoms with E-state index in [4.69, 9.17) is 9.72 Å². The normalized spacial score (nSPS) is 20.6. The molecule has 2 aliphatic rings. The van der Waals surface area contributed by atoms with E-state index in [1.54, 1.807) is 6.20 Å². The Bertz CT molecular complexity index is 1010. The average Bonchev–Trinajstić information content (AvgIpc) is 3.35. The third-order valence-corrected chi connectivity index (χ3v) is 6.09. The molecule has 1 amide bonds. The van der Waals surface area contributed by atoms with E-state index >= 15 is 0 Å². The molecule has 3 heterocycles. The highest BCUT2D eigenvalue weighted by molar-refractivity contribution is 6.04. The van der Waals surface area contributed by atoms with Crippen LogP contribution in [0.25, 0.3) is 11.3 Å². The molecule has 8 nitrogen and oxygen atoms in total. The van der Waals surface area contributed by atoms with Gasteiger partial charge in [0.25, 0.3) is 5.91 Å². The quantitative estimate of drug-likeness (QED) is 0.662. The Morgan fingerprint density at radius 3 is 2.81 bits per heavy atom. The Hall–Kier alpha value is -2.90. The minimum Gasteiger partial charge on any atom is -0.460 e. The minimum atomic E-state index is -0.479. The van der Waals surface area contributed by atoms with E-state index in [0.717, 1.165) is 49.2 Å². The van der Waals surface area contributed by atoms with Crippen molar-refractivity contribution >= 4 is 17.7 Å². The van der Waals surface area contributed by atoms with E-state index in [1.807, 2.05) is 44.6 Å². The average molecular weight is 440 g/mol. The fourth-order valence-corrected chi connectivity index (χ4v) is 4.63. The number of nitrogens with zero attached hydrogens (tertiary/aromatic N) is 3. The molecule has 0 saturated heterocycles. The van der Waals surface area contributed by atoms with E-state index in [2.05, 4.69) is 15.7 Å². The maximum absolute atomic E-state index is 12.5. The second-order valence-corrected chi connectivity index (χ2v) is 9.74. The number of carbonyl (C=O) groups excluding carboxylic acids is 2. The lowest BCUT2D eigenvalue weighted by Crippen LogP contribution is -2.35. The van der Waals surface area contributed by atoms with Gasteiger partial charge in [0.1, 0.15) is 11.4 Å². The molecular weight excluding hydrogens is 406 g/mol. The molecule has 2 aromatic heterocycles.